The Morgan fingerprint density at radius 1 is 1.32 bits per heavy atom. The number of hydrogen-bond donors (Lipinski definition) is 2. The second kappa shape index (κ2) is 6.30. The van der Waals surface area contributed by atoms with E-state index in [9.17, 15) is 0 Å². The normalized spacial score (nSPS) is 11.3. The van der Waals surface area contributed by atoms with E-state index in [0.29, 0.717) is 22.6 Å². The van der Waals surface area contributed by atoms with Gasteiger partial charge in [-0.3, -0.25) is 5.41 Å². The number of rotatable bonds is 2. The van der Waals surface area contributed by atoms with E-state index in [2.05, 4.69) is 37.4 Å². The van der Waals surface area contributed by atoms with Crippen molar-refractivity contribution in [3.05, 3.63) is 52.3 Å². The van der Waals surface area contributed by atoms with E-state index in [4.69, 9.17) is 10.7 Å². The van der Waals surface area contributed by atoms with Crippen LogP contribution in [0, 0.1) is 16.7 Å². The van der Waals surface area contributed by atoms with E-state index in [1.165, 1.54) is 0 Å². The number of halogens is 1. The molecule has 0 aliphatic heterocycles. The van der Waals surface area contributed by atoms with Crippen LogP contribution in [0.3, 0.4) is 0 Å². The van der Waals surface area contributed by atoms with Gasteiger partial charge < -0.3 is 5.32 Å². The third-order valence-electron chi connectivity index (χ3n) is 3.45. The van der Waals surface area contributed by atoms with E-state index in [1.54, 1.807) is 28.9 Å². The molecule has 0 fully saturated rings. The third-order valence-corrected chi connectivity index (χ3v) is 4.18. The highest BCUT2D eigenvalue weighted by Crippen LogP contribution is 2.30. The van der Waals surface area contributed by atoms with Crippen LogP contribution < -0.4 is 5.32 Å². The molecule has 0 aliphatic rings. The number of nitrogens with zero attached hydrogens (tertiary/aromatic N) is 4. The van der Waals surface area contributed by atoms with Crippen molar-refractivity contribution in [3.63, 3.8) is 0 Å². The Bertz CT molecular complexity index is 1010. The molecule has 0 aliphatic carbocycles. The lowest BCUT2D eigenvalue weighted by molar-refractivity contribution is 0.510. The molecule has 25 heavy (non-hydrogen) atoms. The molecular formula is C18H17BrN6. The number of nitriles is 1. The van der Waals surface area contributed by atoms with Gasteiger partial charge in [0.1, 0.15) is 17.2 Å². The monoisotopic (exact) mass is 396 g/mol. The molecule has 6 nitrogen and oxygen atoms in total. The van der Waals surface area contributed by atoms with E-state index in [0.717, 1.165) is 10.0 Å². The summed E-state index contributed by atoms with van der Waals surface area (Å²) in [6.07, 6.45) is 1.78. The predicted molar refractivity (Wildman–Crippen MR) is 101 cm³/mol. The van der Waals surface area contributed by atoms with Crippen LogP contribution in [0.2, 0.25) is 0 Å². The van der Waals surface area contributed by atoms with Gasteiger partial charge in [-0.2, -0.15) is 10.4 Å². The average molecular weight is 397 g/mol. The zero-order valence-corrected chi connectivity index (χ0v) is 15.7. The average Bonchev–Trinajstić information content (AvgIpc) is 2.90. The summed E-state index contributed by atoms with van der Waals surface area (Å²) >= 11 is 3.56. The Hall–Kier alpha value is -2.72. The summed E-state index contributed by atoms with van der Waals surface area (Å²) in [5, 5.41) is 24.9. The van der Waals surface area contributed by atoms with E-state index < -0.39 is 0 Å². The molecule has 0 atom stereocenters. The molecule has 0 saturated carbocycles. The maximum absolute atomic E-state index is 9.08. The Labute approximate surface area is 154 Å². The number of hydrogen-bond acceptors (Lipinski definition) is 4. The first-order valence-corrected chi connectivity index (χ1v) is 8.50. The van der Waals surface area contributed by atoms with Crippen LogP contribution in [0.15, 0.2) is 41.0 Å². The largest absolute Gasteiger partial charge is 0.364 e. The first-order chi connectivity index (χ1) is 11.8. The third kappa shape index (κ3) is 3.54. The Kier molecular flexibility index (Phi) is 4.31. The van der Waals surface area contributed by atoms with E-state index in [1.807, 2.05) is 32.9 Å². The predicted octanol–water partition coefficient (Wildman–Crippen LogP) is 3.74. The molecule has 1 aromatic carbocycles. The van der Waals surface area contributed by atoms with Gasteiger partial charge in [-0.05, 0) is 54.9 Å². The molecule has 0 radical (unpaired) electrons. The second-order valence-electron chi connectivity index (χ2n) is 6.69. The standard InChI is InChI=1S/C18H17BrN6/c1-18(2,3)23-16(21)13-7-8-25-17(22-13)14(19)15(24-25)12-6-4-5-11(9-12)10-20/h4-9H,1-3H3,(H2,21,23). The summed E-state index contributed by atoms with van der Waals surface area (Å²) in [5.74, 6) is 0.260. The molecular weight excluding hydrogens is 380 g/mol. The van der Waals surface area contributed by atoms with Crippen LogP contribution in [-0.2, 0) is 0 Å². The molecule has 3 aromatic rings. The smallest absolute Gasteiger partial charge is 0.170 e. The number of amidine groups is 1. The van der Waals surface area contributed by atoms with Gasteiger partial charge in [0.05, 0.1) is 16.1 Å². The fourth-order valence-corrected chi connectivity index (χ4v) is 2.98. The number of aromatic nitrogens is 3. The van der Waals surface area contributed by atoms with Gasteiger partial charge in [-0.25, -0.2) is 9.50 Å². The van der Waals surface area contributed by atoms with Crippen molar-refractivity contribution in [2.45, 2.75) is 26.3 Å². The minimum atomic E-state index is -0.217. The summed E-state index contributed by atoms with van der Waals surface area (Å²) in [6, 6.07) is 11.2. The van der Waals surface area contributed by atoms with Crippen LogP contribution in [0.1, 0.15) is 32.0 Å². The lowest BCUT2D eigenvalue weighted by Gasteiger charge is -2.22. The van der Waals surface area contributed by atoms with Crippen LogP contribution in [0.25, 0.3) is 16.9 Å². The highest BCUT2D eigenvalue weighted by atomic mass is 79.9. The molecule has 2 aromatic heterocycles. The highest BCUT2D eigenvalue weighted by Gasteiger charge is 2.17. The quantitative estimate of drug-likeness (QED) is 0.509. The Morgan fingerprint density at radius 2 is 2.08 bits per heavy atom. The summed E-state index contributed by atoms with van der Waals surface area (Å²) in [6.45, 7) is 5.99. The van der Waals surface area contributed by atoms with Crippen molar-refractivity contribution in [1.29, 1.82) is 10.7 Å². The summed E-state index contributed by atoms with van der Waals surface area (Å²) in [7, 11) is 0. The molecule has 0 saturated heterocycles. The van der Waals surface area contributed by atoms with Gasteiger partial charge in [0.2, 0.25) is 0 Å². The lowest BCUT2D eigenvalue weighted by atomic mass is 10.1. The SMILES string of the molecule is CC(C)(C)NC(=N)c1ccn2nc(-c3cccc(C#N)c3)c(Br)c2n1. The Morgan fingerprint density at radius 3 is 2.76 bits per heavy atom. The van der Waals surface area contributed by atoms with E-state index in [-0.39, 0.29) is 11.4 Å². The van der Waals surface area contributed by atoms with E-state index >= 15 is 0 Å². The number of nitrogens with one attached hydrogen (secondary N) is 2. The number of benzene rings is 1. The molecule has 0 unspecified atom stereocenters. The molecule has 2 heterocycles. The van der Waals surface area contributed by atoms with Crippen LogP contribution in [0.4, 0.5) is 0 Å². The zero-order chi connectivity index (χ0) is 18.2. The van der Waals surface area contributed by atoms with Gasteiger partial charge in [0.25, 0.3) is 0 Å². The molecule has 2 N–H and O–H groups in total. The molecule has 7 heteroatoms. The fourth-order valence-electron chi connectivity index (χ4n) is 2.40. The second-order valence-corrected chi connectivity index (χ2v) is 7.48. The van der Waals surface area contributed by atoms with Crippen LogP contribution in [-0.4, -0.2) is 26.0 Å². The molecule has 126 valence electrons. The first-order valence-electron chi connectivity index (χ1n) is 7.71. The topological polar surface area (TPSA) is 89.9 Å². The van der Waals surface area contributed by atoms with Crippen molar-refractivity contribution in [2.75, 3.05) is 0 Å². The maximum Gasteiger partial charge on any atom is 0.170 e. The molecule has 3 rings (SSSR count). The van der Waals surface area contributed by atoms with Gasteiger partial charge in [0.15, 0.2) is 5.65 Å². The zero-order valence-electron chi connectivity index (χ0n) is 14.1. The number of fused-ring (bicyclic) bond motifs is 1. The van der Waals surface area contributed by atoms with Crippen molar-refractivity contribution < 1.29 is 0 Å². The van der Waals surface area contributed by atoms with Crippen molar-refractivity contribution in [2.24, 2.45) is 0 Å². The Balaban J connectivity index is 2.06. The van der Waals surface area contributed by atoms with Crippen LogP contribution >= 0.6 is 15.9 Å². The summed E-state index contributed by atoms with van der Waals surface area (Å²) < 4.78 is 2.39. The minimum Gasteiger partial charge on any atom is -0.364 e. The summed E-state index contributed by atoms with van der Waals surface area (Å²) in [4.78, 5) is 4.55. The summed E-state index contributed by atoms with van der Waals surface area (Å²) in [5.41, 5.74) is 3.06. The minimum absolute atomic E-state index is 0.217. The highest BCUT2D eigenvalue weighted by molar-refractivity contribution is 9.10. The van der Waals surface area contributed by atoms with Crippen molar-refractivity contribution in [1.82, 2.24) is 19.9 Å². The van der Waals surface area contributed by atoms with Gasteiger partial charge in [0, 0.05) is 17.3 Å². The van der Waals surface area contributed by atoms with Gasteiger partial charge >= 0.3 is 0 Å². The molecule has 0 amide bonds. The molecule has 0 bridgehead atoms. The first kappa shape index (κ1) is 17.1. The fraction of sp³-hybridized carbons (Fsp3) is 0.222. The van der Waals surface area contributed by atoms with Crippen molar-refractivity contribution >= 4 is 27.4 Å². The van der Waals surface area contributed by atoms with Gasteiger partial charge in [-0.1, -0.05) is 12.1 Å². The molecule has 0 spiro atoms. The van der Waals surface area contributed by atoms with Crippen molar-refractivity contribution in [3.8, 4) is 17.3 Å². The van der Waals surface area contributed by atoms with Crippen LogP contribution in [0.5, 0.6) is 0 Å². The maximum atomic E-state index is 9.08. The van der Waals surface area contributed by atoms with Gasteiger partial charge in [-0.15, -0.1) is 0 Å². The lowest BCUT2D eigenvalue weighted by Crippen LogP contribution is -2.41.